The second kappa shape index (κ2) is 15.9. The highest BCUT2D eigenvalue weighted by atomic mass is 16.5. The molecule has 0 saturated heterocycles. The summed E-state index contributed by atoms with van der Waals surface area (Å²) >= 11 is 0. The summed E-state index contributed by atoms with van der Waals surface area (Å²) in [4.78, 5) is 81.1. The lowest BCUT2D eigenvalue weighted by molar-refractivity contribution is -0.145. The molecule has 0 aliphatic heterocycles. The predicted octanol–water partition coefficient (Wildman–Crippen LogP) is 2.09. The molecule has 1 unspecified atom stereocenters. The van der Waals surface area contributed by atoms with Crippen molar-refractivity contribution in [3.05, 3.63) is 64.6 Å². The van der Waals surface area contributed by atoms with Crippen molar-refractivity contribution in [2.45, 2.75) is 65.5 Å². The van der Waals surface area contributed by atoms with E-state index in [9.17, 15) is 33.9 Å². The van der Waals surface area contributed by atoms with Crippen molar-refractivity contribution in [1.29, 1.82) is 0 Å². The van der Waals surface area contributed by atoms with Crippen LogP contribution in [0.4, 0.5) is 0 Å². The lowest BCUT2D eigenvalue weighted by atomic mass is 9.87. The fourth-order valence-electron chi connectivity index (χ4n) is 4.04. The number of nitrogens with one attached hydrogen (secondary N) is 2. The van der Waals surface area contributed by atoms with Crippen molar-refractivity contribution in [3.63, 3.8) is 0 Å². The van der Waals surface area contributed by atoms with Gasteiger partial charge in [-0.25, -0.2) is 9.78 Å². The number of imidazole rings is 1. The van der Waals surface area contributed by atoms with Gasteiger partial charge in [0.2, 0.25) is 0 Å². The molecule has 216 valence electrons. The molecule has 0 saturated carbocycles. The Bertz CT molecular complexity index is 1270. The lowest BCUT2D eigenvalue weighted by Gasteiger charge is -2.18. The van der Waals surface area contributed by atoms with Gasteiger partial charge in [0.1, 0.15) is 5.69 Å². The Morgan fingerprint density at radius 1 is 1.23 bits per heavy atom. The highest BCUT2D eigenvalue weighted by Gasteiger charge is 2.27. The number of aromatic amines is 1. The van der Waals surface area contributed by atoms with Gasteiger partial charge in [0, 0.05) is 30.7 Å². The Balaban J connectivity index is 2.15. The zero-order valence-electron chi connectivity index (χ0n) is 22.9. The minimum absolute atomic E-state index is 0.125. The van der Waals surface area contributed by atoms with E-state index in [2.05, 4.69) is 15.3 Å². The molecule has 2 aromatic heterocycles. The summed E-state index contributed by atoms with van der Waals surface area (Å²) in [7, 11) is 0. The van der Waals surface area contributed by atoms with Crippen LogP contribution < -0.4 is 10.9 Å². The number of aliphatic carboxylic acids is 1. The summed E-state index contributed by atoms with van der Waals surface area (Å²) in [5, 5.41) is 12.1. The molecule has 3 atom stereocenters. The first-order valence-electron chi connectivity index (χ1n) is 13.1. The minimum atomic E-state index is -1.06. The normalized spacial score (nSPS) is 13.4. The number of nitrogens with zero attached hydrogens (tertiary/aromatic N) is 2. The Morgan fingerprint density at radius 3 is 2.60 bits per heavy atom. The van der Waals surface area contributed by atoms with Gasteiger partial charge in [-0.2, -0.15) is 0 Å². The summed E-state index contributed by atoms with van der Waals surface area (Å²) in [6.07, 6.45) is 7.31. The topological polar surface area (TPSA) is 178 Å². The molecule has 3 N–H and O–H groups in total. The van der Waals surface area contributed by atoms with Crippen molar-refractivity contribution < 1.29 is 33.8 Å². The van der Waals surface area contributed by atoms with E-state index in [0.717, 1.165) is 4.57 Å². The van der Waals surface area contributed by atoms with E-state index in [-0.39, 0.29) is 56.0 Å². The molecule has 12 nitrogen and oxygen atoms in total. The van der Waals surface area contributed by atoms with E-state index in [1.807, 2.05) is 6.92 Å². The Morgan fingerprint density at radius 2 is 1.98 bits per heavy atom. The quantitative estimate of drug-likeness (QED) is 0.194. The minimum Gasteiger partial charge on any atom is -0.481 e. The maximum atomic E-state index is 13.2. The second-order valence-corrected chi connectivity index (χ2v) is 9.41. The molecule has 0 radical (unpaired) electrons. The molecule has 0 aromatic carbocycles. The van der Waals surface area contributed by atoms with Crippen LogP contribution in [0.2, 0.25) is 0 Å². The Kier molecular flexibility index (Phi) is 12.7. The van der Waals surface area contributed by atoms with Crippen LogP contribution in [0.1, 0.15) is 62.5 Å². The van der Waals surface area contributed by atoms with Crippen LogP contribution in [-0.4, -0.2) is 61.7 Å². The van der Waals surface area contributed by atoms with E-state index in [1.54, 1.807) is 13.8 Å². The van der Waals surface area contributed by atoms with Gasteiger partial charge in [0.15, 0.2) is 11.6 Å². The molecular weight excluding hydrogens is 520 g/mol. The molecule has 2 aromatic rings. The molecule has 0 aliphatic rings. The zero-order chi connectivity index (χ0) is 29.7. The number of ketones is 2. The number of amides is 1. The smallest absolute Gasteiger partial charge is 0.330 e. The van der Waals surface area contributed by atoms with Gasteiger partial charge >= 0.3 is 11.9 Å². The van der Waals surface area contributed by atoms with E-state index in [1.165, 1.54) is 43.0 Å². The molecule has 0 spiro atoms. The van der Waals surface area contributed by atoms with Gasteiger partial charge < -0.3 is 24.7 Å². The van der Waals surface area contributed by atoms with Crippen molar-refractivity contribution in [2.24, 2.45) is 11.8 Å². The van der Waals surface area contributed by atoms with Gasteiger partial charge in [-0.05, 0) is 31.7 Å². The van der Waals surface area contributed by atoms with E-state index >= 15 is 0 Å². The Hall–Kier alpha value is -4.35. The van der Waals surface area contributed by atoms with Crippen molar-refractivity contribution in [2.75, 3.05) is 6.61 Å². The number of carboxylic acid groups (broad SMARTS) is 1. The molecule has 2 rings (SSSR count). The number of H-pyrrole nitrogens is 1. The molecule has 40 heavy (non-hydrogen) atoms. The SMILES string of the molecule is CCOC(=O)/C=C/CC[C@H](NC(=O)c1cnc[nH]1)C(=O)Cc1cccn(CC(=O)C[C@H](C(=O)O)C(C)CC)c1=O. The fourth-order valence-corrected chi connectivity index (χ4v) is 4.04. The summed E-state index contributed by atoms with van der Waals surface area (Å²) < 4.78 is 5.98. The average Bonchev–Trinajstić information content (AvgIpc) is 3.46. The first kappa shape index (κ1) is 31.9. The highest BCUT2D eigenvalue weighted by Crippen LogP contribution is 2.20. The van der Waals surface area contributed by atoms with Gasteiger partial charge in [0.25, 0.3) is 11.5 Å². The third kappa shape index (κ3) is 9.75. The van der Waals surface area contributed by atoms with Crippen molar-refractivity contribution in [1.82, 2.24) is 19.9 Å². The van der Waals surface area contributed by atoms with Gasteiger partial charge in [0.05, 0.1) is 37.6 Å². The first-order valence-corrected chi connectivity index (χ1v) is 13.1. The Labute approximate surface area is 231 Å². The third-order valence-electron chi connectivity index (χ3n) is 6.51. The van der Waals surface area contributed by atoms with Crippen molar-refractivity contribution >= 4 is 29.4 Å². The maximum absolute atomic E-state index is 13.2. The van der Waals surface area contributed by atoms with Crippen molar-refractivity contribution in [3.8, 4) is 0 Å². The van der Waals surface area contributed by atoms with Crippen LogP contribution in [0, 0.1) is 11.8 Å². The number of hydrogen-bond donors (Lipinski definition) is 3. The van der Waals surface area contributed by atoms with E-state index < -0.39 is 46.9 Å². The number of carbonyl (C=O) groups excluding carboxylic acids is 4. The molecule has 2 heterocycles. The van der Waals surface area contributed by atoms with Gasteiger partial charge in [-0.15, -0.1) is 0 Å². The van der Waals surface area contributed by atoms with Gasteiger partial charge in [-0.3, -0.25) is 24.0 Å². The first-order chi connectivity index (χ1) is 19.1. The molecule has 12 heteroatoms. The number of aromatic nitrogens is 3. The van der Waals surface area contributed by atoms with E-state index in [4.69, 9.17) is 4.74 Å². The fraction of sp³-hybridized carbons (Fsp3) is 0.464. The lowest BCUT2D eigenvalue weighted by Crippen LogP contribution is -2.42. The predicted molar refractivity (Wildman–Crippen MR) is 144 cm³/mol. The van der Waals surface area contributed by atoms with Gasteiger partial charge in [-0.1, -0.05) is 32.4 Å². The standard InChI is InChI=1S/C28H36N4O8/c1-4-18(3)21(28(38)39)14-20(33)16-32-12-8-9-19(27(32)37)13-24(34)22(10-6-7-11-25(35)40-5-2)31-26(36)23-15-29-17-30-23/h7-9,11-12,15,17-18,21-22H,4-6,10,13-14,16H2,1-3H3,(H,29,30)(H,31,36)(H,38,39)/b11-7+/t18?,21-,22-/m0/s1. The number of pyridine rings is 1. The number of hydrogen-bond acceptors (Lipinski definition) is 8. The number of ether oxygens (including phenoxy) is 1. The van der Waals surface area contributed by atoms with Crippen LogP contribution in [0.3, 0.4) is 0 Å². The highest BCUT2D eigenvalue weighted by molar-refractivity contribution is 5.97. The molecular formula is C28H36N4O8. The summed E-state index contributed by atoms with van der Waals surface area (Å²) in [6.45, 7) is 5.19. The van der Waals surface area contributed by atoms with Crippen LogP contribution in [0.15, 0.2) is 47.8 Å². The number of esters is 1. The van der Waals surface area contributed by atoms with Crippen LogP contribution in [-0.2, 0) is 36.9 Å². The van der Waals surface area contributed by atoms with E-state index in [0.29, 0.717) is 6.42 Å². The van der Waals surface area contributed by atoms with Crippen LogP contribution in [0.5, 0.6) is 0 Å². The number of allylic oxidation sites excluding steroid dienone is 1. The monoisotopic (exact) mass is 556 g/mol. The number of rotatable bonds is 17. The summed E-state index contributed by atoms with van der Waals surface area (Å²) in [5.74, 6) is -4.05. The summed E-state index contributed by atoms with van der Waals surface area (Å²) in [6, 6.07) is 2.01. The molecule has 0 aliphatic carbocycles. The number of carbonyl (C=O) groups is 5. The largest absolute Gasteiger partial charge is 0.481 e. The summed E-state index contributed by atoms with van der Waals surface area (Å²) in [5.41, 5.74) is -0.280. The second-order valence-electron chi connectivity index (χ2n) is 9.41. The average molecular weight is 557 g/mol. The number of carboxylic acids is 1. The van der Waals surface area contributed by atoms with Crippen LogP contribution >= 0.6 is 0 Å². The molecule has 1 amide bonds. The zero-order valence-corrected chi connectivity index (χ0v) is 22.9. The molecule has 0 bridgehead atoms. The molecule has 0 fully saturated rings. The third-order valence-corrected chi connectivity index (χ3v) is 6.51. The maximum Gasteiger partial charge on any atom is 0.330 e. The van der Waals surface area contributed by atoms with Crippen LogP contribution in [0.25, 0.3) is 0 Å². The number of Topliss-reactive ketones (excluding diaryl/α,β-unsaturated/α-hetero) is 2.